The van der Waals surface area contributed by atoms with Crippen molar-refractivity contribution < 1.29 is 4.74 Å². The lowest BCUT2D eigenvalue weighted by Crippen LogP contribution is -2.36. The third kappa shape index (κ3) is 3.90. The lowest BCUT2D eigenvalue weighted by molar-refractivity contribution is 0.213. The molecule has 8 nitrogen and oxygen atoms in total. The molecule has 3 aromatic rings. The van der Waals surface area contributed by atoms with Crippen molar-refractivity contribution >= 4 is 11.5 Å². The first-order chi connectivity index (χ1) is 13.4. The molecule has 0 aliphatic carbocycles. The zero-order chi connectivity index (χ0) is 19.7. The fourth-order valence-corrected chi connectivity index (χ4v) is 3.38. The highest BCUT2D eigenvalue weighted by molar-refractivity contribution is 5.45. The summed E-state index contributed by atoms with van der Waals surface area (Å²) in [6.45, 7) is 10.9. The lowest BCUT2D eigenvalue weighted by atomic mass is 9.92. The van der Waals surface area contributed by atoms with Crippen molar-refractivity contribution in [3.63, 3.8) is 0 Å². The summed E-state index contributed by atoms with van der Waals surface area (Å²) in [6.07, 6.45) is 2.13. The second kappa shape index (κ2) is 7.33. The van der Waals surface area contributed by atoms with Crippen LogP contribution in [0.15, 0.2) is 24.3 Å². The molecular weight excluding hydrogens is 354 g/mol. The van der Waals surface area contributed by atoms with Gasteiger partial charge in [-0.15, -0.1) is 20.4 Å². The Kier molecular flexibility index (Phi) is 4.87. The average molecular weight is 381 g/mol. The maximum atomic E-state index is 5.89. The number of aromatic nitrogens is 6. The Labute approximate surface area is 164 Å². The van der Waals surface area contributed by atoms with Crippen molar-refractivity contribution in [2.75, 3.05) is 24.6 Å². The Bertz CT molecular complexity index is 937. The number of rotatable bonds is 4. The first-order valence-electron chi connectivity index (χ1n) is 9.81. The molecule has 1 aliphatic rings. The van der Waals surface area contributed by atoms with Crippen molar-refractivity contribution in [1.29, 1.82) is 0 Å². The van der Waals surface area contributed by atoms with E-state index in [1.54, 1.807) is 4.52 Å². The quantitative estimate of drug-likeness (QED) is 0.687. The maximum absolute atomic E-state index is 5.89. The molecule has 8 heteroatoms. The molecule has 148 valence electrons. The van der Waals surface area contributed by atoms with Crippen LogP contribution in [0.1, 0.15) is 45.1 Å². The molecule has 0 spiro atoms. The molecule has 4 heterocycles. The summed E-state index contributed by atoms with van der Waals surface area (Å²) in [5.74, 6) is 2.89. The highest BCUT2D eigenvalue weighted by Crippen LogP contribution is 2.24. The summed E-state index contributed by atoms with van der Waals surface area (Å²) in [4.78, 5) is 2.31. The minimum atomic E-state index is 0.000719. The Morgan fingerprint density at radius 2 is 1.79 bits per heavy atom. The Balaban J connectivity index is 1.31. The molecule has 0 amide bonds. The Morgan fingerprint density at radius 1 is 1.00 bits per heavy atom. The molecular formula is C20H27N7O. The summed E-state index contributed by atoms with van der Waals surface area (Å²) in [5.41, 5.74) is 1.75. The van der Waals surface area contributed by atoms with Gasteiger partial charge in [-0.25, -0.2) is 0 Å². The van der Waals surface area contributed by atoms with E-state index < -0.39 is 0 Å². The minimum Gasteiger partial charge on any atom is -0.476 e. The molecule has 1 fully saturated rings. The number of nitrogens with zero attached hydrogens (tertiary/aromatic N) is 7. The topological polar surface area (TPSA) is 81.3 Å². The highest BCUT2D eigenvalue weighted by atomic mass is 16.5. The largest absolute Gasteiger partial charge is 0.476 e. The standard InChI is InChI=1S/C20H27N7O/c1-14-21-23-17-6-7-18(25-27(14)17)26-11-9-15(10-12-26)13-28-19-8-5-16(22-24-19)20(2,3)4/h5-8,15H,9-13H2,1-4H3. The van der Waals surface area contributed by atoms with Crippen molar-refractivity contribution in [3.8, 4) is 5.88 Å². The van der Waals surface area contributed by atoms with Gasteiger partial charge >= 0.3 is 0 Å². The summed E-state index contributed by atoms with van der Waals surface area (Å²) in [6, 6.07) is 7.91. The van der Waals surface area contributed by atoms with E-state index >= 15 is 0 Å². The number of hydrogen-bond acceptors (Lipinski definition) is 7. The van der Waals surface area contributed by atoms with Crippen LogP contribution in [0.3, 0.4) is 0 Å². The van der Waals surface area contributed by atoms with E-state index in [0.717, 1.165) is 48.9 Å². The van der Waals surface area contributed by atoms with Crippen molar-refractivity contribution in [1.82, 2.24) is 30.0 Å². The molecule has 0 atom stereocenters. The maximum Gasteiger partial charge on any atom is 0.233 e. The van der Waals surface area contributed by atoms with Crippen LogP contribution in [0.4, 0.5) is 5.82 Å². The number of ether oxygens (including phenoxy) is 1. The molecule has 1 aliphatic heterocycles. The zero-order valence-corrected chi connectivity index (χ0v) is 17.0. The van der Waals surface area contributed by atoms with Gasteiger partial charge in [0.05, 0.1) is 12.3 Å². The number of piperidine rings is 1. The number of anilines is 1. The van der Waals surface area contributed by atoms with Crippen molar-refractivity contribution in [3.05, 3.63) is 35.8 Å². The van der Waals surface area contributed by atoms with Gasteiger partial charge in [-0.05, 0) is 43.9 Å². The molecule has 1 saturated heterocycles. The molecule has 0 unspecified atom stereocenters. The third-order valence-corrected chi connectivity index (χ3v) is 5.22. The fraction of sp³-hybridized carbons (Fsp3) is 0.550. The summed E-state index contributed by atoms with van der Waals surface area (Å²) in [5, 5.41) is 21.3. The van der Waals surface area contributed by atoms with Gasteiger partial charge in [0.15, 0.2) is 11.5 Å². The number of hydrogen-bond donors (Lipinski definition) is 0. The van der Waals surface area contributed by atoms with E-state index in [1.165, 1.54) is 0 Å². The first kappa shape index (κ1) is 18.6. The molecule has 4 rings (SSSR count). The second-order valence-corrected chi connectivity index (χ2v) is 8.46. The summed E-state index contributed by atoms with van der Waals surface area (Å²) in [7, 11) is 0. The predicted molar refractivity (Wildman–Crippen MR) is 107 cm³/mol. The first-order valence-corrected chi connectivity index (χ1v) is 9.81. The van der Waals surface area contributed by atoms with E-state index in [0.29, 0.717) is 18.4 Å². The van der Waals surface area contributed by atoms with Crippen LogP contribution >= 0.6 is 0 Å². The molecule has 0 N–H and O–H groups in total. The van der Waals surface area contributed by atoms with Crippen LogP contribution in [0.2, 0.25) is 0 Å². The number of aryl methyl sites for hydroxylation is 1. The minimum absolute atomic E-state index is 0.000719. The van der Waals surface area contributed by atoms with E-state index in [2.05, 4.69) is 51.2 Å². The van der Waals surface area contributed by atoms with Gasteiger partial charge in [-0.2, -0.15) is 9.61 Å². The van der Waals surface area contributed by atoms with Crippen LogP contribution < -0.4 is 9.64 Å². The van der Waals surface area contributed by atoms with Gasteiger partial charge < -0.3 is 9.64 Å². The highest BCUT2D eigenvalue weighted by Gasteiger charge is 2.22. The average Bonchev–Trinajstić information content (AvgIpc) is 3.07. The van der Waals surface area contributed by atoms with Crippen LogP contribution in [-0.2, 0) is 5.41 Å². The van der Waals surface area contributed by atoms with Gasteiger partial charge in [0.2, 0.25) is 5.88 Å². The molecule has 0 bridgehead atoms. The molecule has 28 heavy (non-hydrogen) atoms. The SMILES string of the molecule is Cc1nnc2ccc(N3CCC(COc4ccc(C(C)(C)C)nn4)CC3)nn12. The van der Waals surface area contributed by atoms with Gasteiger partial charge in [-0.3, -0.25) is 0 Å². The van der Waals surface area contributed by atoms with Gasteiger partial charge in [0, 0.05) is 24.6 Å². The number of fused-ring (bicyclic) bond motifs is 1. The van der Waals surface area contributed by atoms with E-state index in [-0.39, 0.29) is 5.41 Å². The summed E-state index contributed by atoms with van der Waals surface area (Å²) < 4.78 is 7.68. The van der Waals surface area contributed by atoms with Gasteiger partial charge in [0.1, 0.15) is 5.82 Å². The van der Waals surface area contributed by atoms with Crippen LogP contribution in [-0.4, -0.2) is 49.7 Å². The van der Waals surface area contributed by atoms with Crippen molar-refractivity contribution in [2.45, 2.75) is 46.0 Å². The molecule has 0 radical (unpaired) electrons. The van der Waals surface area contributed by atoms with Crippen molar-refractivity contribution in [2.24, 2.45) is 5.92 Å². The van der Waals surface area contributed by atoms with E-state index in [4.69, 9.17) is 4.74 Å². The smallest absolute Gasteiger partial charge is 0.233 e. The third-order valence-electron chi connectivity index (χ3n) is 5.22. The van der Waals surface area contributed by atoms with Gasteiger partial charge in [-0.1, -0.05) is 20.8 Å². The van der Waals surface area contributed by atoms with Crippen LogP contribution in [0.5, 0.6) is 5.88 Å². The lowest BCUT2D eigenvalue weighted by Gasteiger charge is -2.32. The Morgan fingerprint density at radius 3 is 2.46 bits per heavy atom. The Hall–Kier alpha value is -2.77. The second-order valence-electron chi connectivity index (χ2n) is 8.46. The van der Waals surface area contributed by atoms with Crippen LogP contribution in [0, 0.1) is 12.8 Å². The predicted octanol–water partition coefficient (Wildman–Crippen LogP) is 2.82. The zero-order valence-electron chi connectivity index (χ0n) is 17.0. The van der Waals surface area contributed by atoms with E-state index in [9.17, 15) is 0 Å². The van der Waals surface area contributed by atoms with Crippen LogP contribution in [0.25, 0.3) is 5.65 Å². The normalized spacial score (nSPS) is 15.9. The fourth-order valence-electron chi connectivity index (χ4n) is 3.38. The summed E-state index contributed by atoms with van der Waals surface area (Å²) >= 11 is 0. The molecule has 0 aromatic carbocycles. The molecule has 3 aromatic heterocycles. The monoisotopic (exact) mass is 381 g/mol. The van der Waals surface area contributed by atoms with Gasteiger partial charge in [0.25, 0.3) is 0 Å². The molecule has 0 saturated carbocycles. The van der Waals surface area contributed by atoms with E-state index in [1.807, 2.05) is 31.2 Å².